The summed E-state index contributed by atoms with van der Waals surface area (Å²) in [5.41, 5.74) is 3.34. The molecule has 15 heteroatoms. The van der Waals surface area contributed by atoms with Gasteiger partial charge in [0.25, 0.3) is 5.91 Å². The number of phenolic OH excluding ortho intramolecular Hbond substituents is 1. The Balaban J connectivity index is 0.762. The van der Waals surface area contributed by atoms with E-state index >= 15 is 0 Å². The largest absolute Gasteiger partial charge is 0.506 e. The summed E-state index contributed by atoms with van der Waals surface area (Å²) in [5, 5.41) is 30.3. The van der Waals surface area contributed by atoms with Gasteiger partial charge in [0.05, 0.1) is 36.3 Å². The minimum Gasteiger partial charge on any atom is -0.506 e. The SMILES string of the molecule is O=C(N[C@@H](c1ccccc1)c1cccc(OCc2ccc(C(=O)OCCNC(=O)c3ccc(CNC[C@H](O)c4ccc(O)c5[nH]c(=O)ccc45)o3)cc2)c1)O[C@H]1CN2CCC1CC2. The van der Waals surface area contributed by atoms with Crippen LogP contribution in [0.5, 0.6) is 11.5 Å². The van der Waals surface area contributed by atoms with Gasteiger partial charge in [-0.15, -0.1) is 0 Å². The van der Waals surface area contributed by atoms with Crippen LogP contribution < -0.4 is 26.2 Å². The summed E-state index contributed by atoms with van der Waals surface area (Å²) in [5.74, 6) is 0.436. The monoisotopic (exact) mass is 855 g/mol. The smallest absolute Gasteiger partial charge is 0.408 e. The van der Waals surface area contributed by atoms with E-state index in [9.17, 15) is 29.4 Å². The summed E-state index contributed by atoms with van der Waals surface area (Å²) in [7, 11) is 0. The average molecular weight is 856 g/mol. The van der Waals surface area contributed by atoms with Crippen molar-refractivity contribution in [3.8, 4) is 11.5 Å². The molecule has 0 aliphatic carbocycles. The Kier molecular flexibility index (Phi) is 13.5. The molecule has 3 saturated heterocycles. The minimum absolute atomic E-state index is 0.0590. The first-order chi connectivity index (χ1) is 30.7. The number of furan rings is 1. The van der Waals surface area contributed by atoms with Gasteiger partial charge in [0.1, 0.15) is 36.6 Å². The van der Waals surface area contributed by atoms with Crippen LogP contribution in [0.2, 0.25) is 0 Å². The number of nitrogens with zero attached hydrogens (tertiary/aromatic N) is 1. The lowest BCUT2D eigenvalue weighted by atomic mass is 9.86. The molecular formula is C48H49N5O10. The first-order valence-corrected chi connectivity index (χ1v) is 21.0. The minimum atomic E-state index is -0.955. The molecule has 3 aliphatic heterocycles. The van der Waals surface area contributed by atoms with E-state index in [0.29, 0.717) is 33.9 Å². The number of pyridine rings is 1. The number of carbonyl (C=O) groups is 3. The van der Waals surface area contributed by atoms with Crippen LogP contribution in [0.4, 0.5) is 4.79 Å². The zero-order valence-electron chi connectivity index (χ0n) is 34.5. The molecule has 0 saturated carbocycles. The van der Waals surface area contributed by atoms with E-state index in [4.69, 9.17) is 18.6 Å². The second-order valence-corrected chi connectivity index (χ2v) is 15.7. The van der Waals surface area contributed by atoms with E-state index < -0.39 is 30.1 Å². The molecule has 0 unspecified atom stereocenters. The number of nitrogens with one attached hydrogen (secondary N) is 4. The Hall–Kier alpha value is -6.94. The quantitative estimate of drug-likeness (QED) is 0.0482. The number of aromatic nitrogens is 1. The van der Waals surface area contributed by atoms with Crippen molar-refractivity contribution in [1.82, 2.24) is 25.8 Å². The van der Waals surface area contributed by atoms with Crippen molar-refractivity contribution < 1.29 is 43.2 Å². The van der Waals surface area contributed by atoms with Crippen molar-refractivity contribution in [2.75, 3.05) is 39.3 Å². The number of aromatic amines is 1. The second-order valence-electron chi connectivity index (χ2n) is 15.7. The number of H-pyrrole nitrogens is 1. The zero-order chi connectivity index (χ0) is 43.7. The highest BCUT2D eigenvalue weighted by atomic mass is 16.6. The maximum atomic E-state index is 13.2. The van der Waals surface area contributed by atoms with Crippen molar-refractivity contribution in [1.29, 1.82) is 0 Å². The highest BCUT2D eigenvalue weighted by Crippen LogP contribution is 2.31. The number of aromatic hydroxyl groups is 1. The number of alkyl carbamates (subject to hydrolysis) is 1. The van der Waals surface area contributed by atoms with Crippen LogP contribution in [0.25, 0.3) is 10.9 Å². The van der Waals surface area contributed by atoms with E-state index in [0.717, 1.165) is 49.2 Å². The van der Waals surface area contributed by atoms with Gasteiger partial charge in [0.2, 0.25) is 5.56 Å². The number of aliphatic hydroxyl groups is 1. The number of hydrogen-bond donors (Lipinski definition) is 6. The summed E-state index contributed by atoms with van der Waals surface area (Å²) in [4.78, 5) is 55.3. The molecule has 5 heterocycles. The van der Waals surface area contributed by atoms with Gasteiger partial charge in [-0.3, -0.25) is 14.5 Å². The van der Waals surface area contributed by atoms with Crippen molar-refractivity contribution in [3.05, 3.63) is 165 Å². The standard InChI is InChI=1S/C48H49N5O10/c54-39-16-14-37(38-15-18-43(56)51-45(38)39)40(55)27-49-26-36-13-17-41(62-36)46(57)50-21-24-60-47(58)33-11-9-30(10-12-33)29-61-35-8-4-7-34(25-35)44(32-5-2-1-3-6-32)52-48(59)63-42-28-53-22-19-31(42)20-23-53/h1-18,25,31,40,42,44,49,54-55H,19-24,26-29H2,(H,50,57)(H,51,56)(H,52,59)/t40-,42-,44-/m0/s1. The summed E-state index contributed by atoms with van der Waals surface area (Å²) >= 11 is 0. The van der Waals surface area contributed by atoms with Crippen molar-refractivity contribution in [2.45, 2.75) is 44.2 Å². The Labute approximate surface area is 363 Å². The highest BCUT2D eigenvalue weighted by molar-refractivity contribution is 5.92. The van der Waals surface area contributed by atoms with Crippen LogP contribution in [-0.2, 0) is 22.6 Å². The number of esters is 1. The molecule has 15 nitrogen and oxygen atoms in total. The molecule has 326 valence electrons. The number of fused-ring (bicyclic) bond motifs is 4. The third kappa shape index (κ3) is 10.8. The number of rotatable bonds is 17. The third-order valence-electron chi connectivity index (χ3n) is 11.4. The lowest BCUT2D eigenvalue weighted by molar-refractivity contribution is -0.0336. The number of amides is 2. The summed E-state index contributed by atoms with van der Waals surface area (Å²) < 4.78 is 23.1. The fourth-order valence-electron chi connectivity index (χ4n) is 8.09. The fraction of sp³-hybridized carbons (Fsp3) is 0.292. The van der Waals surface area contributed by atoms with Gasteiger partial charge < -0.3 is 49.8 Å². The molecule has 4 aromatic carbocycles. The fourth-order valence-corrected chi connectivity index (χ4v) is 8.09. The summed E-state index contributed by atoms with van der Waals surface area (Å²) in [6, 6.07) is 32.8. The van der Waals surface area contributed by atoms with Gasteiger partial charge in [0, 0.05) is 24.5 Å². The van der Waals surface area contributed by atoms with E-state index in [1.165, 1.54) is 18.2 Å². The molecule has 2 bridgehead atoms. The normalized spacial score (nSPS) is 17.7. The van der Waals surface area contributed by atoms with Gasteiger partial charge >= 0.3 is 12.1 Å². The van der Waals surface area contributed by atoms with Crippen LogP contribution >= 0.6 is 0 Å². The first-order valence-electron chi connectivity index (χ1n) is 21.0. The van der Waals surface area contributed by atoms with Crippen molar-refractivity contribution in [2.24, 2.45) is 5.92 Å². The molecule has 3 aliphatic rings. The number of carbonyl (C=O) groups excluding carboxylic acids is 3. The molecule has 3 atom stereocenters. The van der Waals surface area contributed by atoms with E-state index in [1.807, 2.05) is 54.6 Å². The second kappa shape index (κ2) is 19.8. The molecule has 0 radical (unpaired) electrons. The van der Waals surface area contributed by atoms with Crippen molar-refractivity contribution >= 4 is 28.9 Å². The average Bonchev–Trinajstić information content (AvgIpc) is 3.79. The van der Waals surface area contributed by atoms with Gasteiger partial charge in [0.15, 0.2) is 5.76 Å². The predicted molar refractivity (Wildman–Crippen MR) is 232 cm³/mol. The number of hydrogen-bond acceptors (Lipinski definition) is 12. The molecule has 3 fully saturated rings. The Morgan fingerprint density at radius 2 is 1.68 bits per heavy atom. The molecule has 0 spiro atoms. The van der Waals surface area contributed by atoms with Gasteiger partial charge in [-0.05, 0) is 103 Å². The number of phenols is 1. The van der Waals surface area contributed by atoms with Crippen LogP contribution in [-0.4, -0.2) is 83.5 Å². The molecule has 6 aromatic rings. The number of ether oxygens (including phenoxy) is 3. The Bertz CT molecular complexity index is 2590. The molecular weight excluding hydrogens is 807 g/mol. The van der Waals surface area contributed by atoms with Crippen LogP contribution in [0, 0.1) is 5.92 Å². The third-order valence-corrected chi connectivity index (χ3v) is 11.4. The topological polar surface area (TPSA) is 205 Å². The molecule has 6 N–H and O–H groups in total. The Morgan fingerprint density at radius 3 is 2.46 bits per heavy atom. The number of aliphatic hydroxyl groups excluding tert-OH is 1. The lowest BCUT2D eigenvalue weighted by Crippen LogP contribution is -2.52. The lowest BCUT2D eigenvalue weighted by Gasteiger charge is -2.43. The molecule has 9 rings (SSSR count). The van der Waals surface area contributed by atoms with Crippen molar-refractivity contribution in [3.63, 3.8) is 0 Å². The highest BCUT2D eigenvalue weighted by Gasteiger charge is 2.37. The predicted octanol–water partition coefficient (Wildman–Crippen LogP) is 5.73. The summed E-state index contributed by atoms with van der Waals surface area (Å²) in [6.07, 6.45) is 0.606. The van der Waals surface area contributed by atoms with E-state index in [-0.39, 0.29) is 61.5 Å². The summed E-state index contributed by atoms with van der Waals surface area (Å²) in [6.45, 7) is 3.50. The Morgan fingerprint density at radius 1 is 0.889 bits per heavy atom. The first kappa shape index (κ1) is 42.7. The maximum Gasteiger partial charge on any atom is 0.408 e. The van der Waals surface area contributed by atoms with Gasteiger partial charge in [-0.1, -0.05) is 60.7 Å². The maximum absolute atomic E-state index is 13.2. The van der Waals surface area contributed by atoms with Crippen LogP contribution in [0.15, 0.2) is 124 Å². The van der Waals surface area contributed by atoms with E-state index in [1.54, 1.807) is 42.5 Å². The van der Waals surface area contributed by atoms with Gasteiger partial charge in [-0.2, -0.15) is 0 Å². The van der Waals surface area contributed by atoms with Gasteiger partial charge in [-0.25, -0.2) is 9.59 Å². The van der Waals surface area contributed by atoms with Crippen LogP contribution in [0.1, 0.15) is 73.9 Å². The number of piperidine rings is 3. The number of benzene rings is 4. The zero-order valence-corrected chi connectivity index (χ0v) is 34.5. The van der Waals surface area contributed by atoms with E-state index in [2.05, 4.69) is 25.8 Å². The molecule has 2 aromatic heterocycles. The molecule has 63 heavy (non-hydrogen) atoms. The molecule has 2 amide bonds. The van der Waals surface area contributed by atoms with Crippen LogP contribution in [0.3, 0.4) is 0 Å².